The maximum Gasteiger partial charge on any atom is 0.320 e. The van der Waals surface area contributed by atoms with Gasteiger partial charge in [-0.1, -0.05) is 13.0 Å². The maximum absolute atomic E-state index is 12.4. The number of carbonyl (C=O) groups is 2. The number of hydrogen-bond acceptors (Lipinski definition) is 3. The fourth-order valence-electron chi connectivity index (χ4n) is 2.68. The number of carbonyl (C=O) groups excluding carboxylic acids is 1. The van der Waals surface area contributed by atoms with E-state index < -0.39 is 11.9 Å². The van der Waals surface area contributed by atoms with Gasteiger partial charge in [0.1, 0.15) is 0 Å². The molecule has 1 N–H and O–H groups in total. The molecular formula is C15H21N3O3. The highest BCUT2D eigenvalue weighted by Gasteiger charge is 2.37. The van der Waals surface area contributed by atoms with Crippen LogP contribution in [0.4, 0.5) is 4.79 Å². The summed E-state index contributed by atoms with van der Waals surface area (Å²) >= 11 is 0. The van der Waals surface area contributed by atoms with Gasteiger partial charge >= 0.3 is 12.0 Å². The number of aliphatic carboxylic acids is 1. The van der Waals surface area contributed by atoms with Gasteiger partial charge in [-0.25, -0.2) is 4.79 Å². The summed E-state index contributed by atoms with van der Waals surface area (Å²) in [5.41, 5.74) is 1.74. The van der Waals surface area contributed by atoms with Gasteiger partial charge < -0.3 is 14.9 Å². The highest BCUT2D eigenvalue weighted by atomic mass is 16.4. The predicted molar refractivity (Wildman–Crippen MR) is 77.7 cm³/mol. The van der Waals surface area contributed by atoms with Crippen LogP contribution in [0.2, 0.25) is 0 Å². The van der Waals surface area contributed by atoms with E-state index in [1.807, 2.05) is 32.0 Å². The molecule has 1 saturated heterocycles. The number of aryl methyl sites for hydroxylation is 1. The van der Waals surface area contributed by atoms with Crippen molar-refractivity contribution in [2.75, 3.05) is 20.1 Å². The summed E-state index contributed by atoms with van der Waals surface area (Å²) in [5.74, 6) is -1.32. The molecule has 0 bridgehead atoms. The molecule has 114 valence electrons. The van der Waals surface area contributed by atoms with Crippen LogP contribution in [-0.2, 0) is 11.3 Å². The number of rotatable bonds is 3. The van der Waals surface area contributed by atoms with Crippen molar-refractivity contribution in [2.45, 2.75) is 20.4 Å². The molecule has 6 heteroatoms. The number of pyridine rings is 1. The van der Waals surface area contributed by atoms with E-state index in [2.05, 4.69) is 4.98 Å². The SMILES string of the molecule is Cc1cccc(CN(C)C(=O)N2C[C@@H](C)[C@H](C(=O)O)C2)n1. The molecule has 2 atom stereocenters. The first-order chi connectivity index (χ1) is 9.88. The summed E-state index contributed by atoms with van der Waals surface area (Å²) in [4.78, 5) is 31.1. The third-order valence-corrected chi connectivity index (χ3v) is 3.87. The lowest BCUT2D eigenvalue weighted by Crippen LogP contribution is -2.40. The van der Waals surface area contributed by atoms with Crippen molar-refractivity contribution in [2.24, 2.45) is 11.8 Å². The average Bonchev–Trinajstić information content (AvgIpc) is 2.80. The summed E-state index contributed by atoms with van der Waals surface area (Å²) in [6.07, 6.45) is 0. The Balaban J connectivity index is 1.99. The summed E-state index contributed by atoms with van der Waals surface area (Å²) in [5, 5.41) is 9.13. The molecular weight excluding hydrogens is 270 g/mol. The first kappa shape index (κ1) is 15.3. The molecule has 0 unspecified atom stereocenters. The number of hydrogen-bond donors (Lipinski definition) is 1. The van der Waals surface area contributed by atoms with Crippen molar-refractivity contribution < 1.29 is 14.7 Å². The van der Waals surface area contributed by atoms with E-state index >= 15 is 0 Å². The quantitative estimate of drug-likeness (QED) is 0.918. The van der Waals surface area contributed by atoms with Crippen molar-refractivity contribution in [1.82, 2.24) is 14.8 Å². The van der Waals surface area contributed by atoms with Crippen LogP contribution in [0.25, 0.3) is 0 Å². The zero-order chi connectivity index (χ0) is 15.6. The lowest BCUT2D eigenvalue weighted by Gasteiger charge is -2.24. The normalized spacial score (nSPS) is 21.4. The number of nitrogens with zero attached hydrogens (tertiary/aromatic N) is 3. The minimum Gasteiger partial charge on any atom is -0.481 e. The zero-order valence-corrected chi connectivity index (χ0v) is 12.6. The first-order valence-corrected chi connectivity index (χ1v) is 7.04. The number of likely N-dealkylation sites (tertiary alicyclic amines) is 1. The topological polar surface area (TPSA) is 73.7 Å². The Kier molecular flexibility index (Phi) is 4.45. The number of aromatic nitrogens is 1. The van der Waals surface area contributed by atoms with E-state index in [1.165, 1.54) is 0 Å². The van der Waals surface area contributed by atoms with Gasteiger partial charge in [-0.15, -0.1) is 0 Å². The van der Waals surface area contributed by atoms with Crippen molar-refractivity contribution in [3.05, 3.63) is 29.6 Å². The number of carboxylic acids is 1. The van der Waals surface area contributed by atoms with Crippen LogP contribution in [0.15, 0.2) is 18.2 Å². The van der Waals surface area contributed by atoms with Gasteiger partial charge in [0, 0.05) is 25.8 Å². The molecule has 1 fully saturated rings. The smallest absolute Gasteiger partial charge is 0.320 e. The Morgan fingerprint density at radius 2 is 2.14 bits per heavy atom. The lowest BCUT2D eigenvalue weighted by atomic mass is 9.99. The molecule has 0 aliphatic carbocycles. The molecule has 2 heterocycles. The first-order valence-electron chi connectivity index (χ1n) is 7.04. The van der Waals surface area contributed by atoms with E-state index in [0.29, 0.717) is 13.1 Å². The maximum atomic E-state index is 12.4. The third kappa shape index (κ3) is 3.51. The molecule has 1 aliphatic rings. The van der Waals surface area contributed by atoms with Gasteiger partial charge in [0.25, 0.3) is 0 Å². The minimum atomic E-state index is -0.833. The molecule has 1 aromatic rings. The van der Waals surface area contributed by atoms with Crippen molar-refractivity contribution in [3.8, 4) is 0 Å². The third-order valence-electron chi connectivity index (χ3n) is 3.87. The molecule has 2 amide bonds. The van der Waals surface area contributed by atoms with Crippen LogP contribution >= 0.6 is 0 Å². The average molecular weight is 291 g/mol. The molecule has 0 aromatic carbocycles. The second kappa shape index (κ2) is 6.11. The van der Waals surface area contributed by atoms with Crippen LogP contribution in [0.1, 0.15) is 18.3 Å². The van der Waals surface area contributed by atoms with Gasteiger partial charge in [-0.05, 0) is 25.0 Å². The van der Waals surface area contributed by atoms with Gasteiger partial charge in [0.05, 0.1) is 18.2 Å². The number of carboxylic acid groups (broad SMARTS) is 1. The fraction of sp³-hybridized carbons (Fsp3) is 0.533. The molecule has 2 rings (SSSR count). The highest BCUT2D eigenvalue weighted by Crippen LogP contribution is 2.24. The molecule has 1 aliphatic heterocycles. The Labute approximate surface area is 124 Å². The molecule has 0 saturated carbocycles. The summed E-state index contributed by atoms with van der Waals surface area (Å²) in [6, 6.07) is 5.55. The van der Waals surface area contributed by atoms with Crippen LogP contribution in [0.3, 0.4) is 0 Å². The Morgan fingerprint density at radius 1 is 1.43 bits per heavy atom. The van der Waals surface area contributed by atoms with E-state index in [-0.39, 0.29) is 18.5 Å². The lowest BCUT2D eigenvalue weighted by molar-refractivity contribution is -0.142. The molecule has 0 spiro atoms. The Bertz CT molecular complexity index is 547. The molecule has 1 aromatic heterocycles. The monoisotopic (exact) mass is 291 g/mol. The largest absolute Gasteiger partial charge is 0.481 e. The molecule has 6 nitrogen and oxygen atoms in total. The van der Waals surface area contributed by atoms with E-state index in [1.54, 1.807) is 16.8 Å². The van der Waals surface area contributed by atoms with Crippen LogP contribution < -0.4 is 0 Å². The van der Waals surface area contributed by atoms with Crippen LogP contribution in [-0.4, -0.2) is 52.0 Å². The van der Waals surface area contributed by atoms with Crippen molar-refractivity contribution >= 4 is 12.0 Å². The van der Waals surface area contributed by atoms with Crippen molar-refractivity contribution in [1.29, 1.82) is 0 Å². The summed E-state index contributed by atoms with van der Waals surface area (Å²) < 4.78 is 0. The minimum absolute atomic E-state index is 0.0167. The van der Waals surface area contributed by atoms with E-state index in [9.17, 15) is 9.59 Å². The van der Waals surface area contributed by atoms with Crippen LogP contribution in [0, 0.1) is 18.8 Å². The van der Waals surface area contributed by atoms with Gasteiger partial charge in [-0.3, -0.25) is 9.78 Å². The van der Waals surface area contributed by atoms with E-state index in [0.717, 1.165) is 11.4 Å². The van der Waals surface area contributed by atoms with E-state index in [4.69, 9.17) is 5.11 Å². The van der Waals surface area contributed by atoms with Gasteiger partial charge in [0.2, 0.25) is 0 Å². The summed E-state index contributed by atoms with van der Waals surface area (Å²) in [6.45, 7) is 4.96. The second-order valence-corrected chi connectivity index (χ2v) is 5.74. The predicted octanol–water partition coefficient (Wildman–Crippen LogP) is 1.59. The summed E-state index contributed by atoms with van der Waals surface area (Å²) in [7, 11) is 1.71. The fourth-order valence-corrected chi connectivity index (χ4v) is 2.68. The van der Waals surface area contributed by atoms with Gasteiger partial charge in [0.15, 0.2) is 0 Å². The van der Waals surface area contributed by atoms with Crippen molar-refractivity contribution in [3.63, 3.8) is 0 Å². The number of amides is 2. The zero-order valence-electron chi connectivity index (χ0n) is 12.6. The molecule has 21 heavy (non-hydrogen) atoms. The second-order valence-electron chi connectivity index (χ2n) is 5.74. The standard InChI is InChI=1S/C15H21N3O3/c1-10-7-18(9-13(10)14(19)20)15(21)17(3)8-12-6-4-5-11(2)16-12/h4-6,10,13H,7-9H2,1-3H3,(H,19,20)/t10-,13-/m1/s1. The number of urea groups is 1. The molecule has 0 radical (unpaired) electrons. The highest BCUT2D eigenvalue weighted by molar-refractivity contribution is 5.77. The Hall–Kier alpha value is -2.11. The van der Waals surface area contributed by atoms with Gasteiger partial charge in [-0.2, -0.15) is 0 Å². The Morgan fingerprint density at radius 3 is 2.71 bits per heavy atom. The van der Waals surface area contributed by atoms with Crippen LogP contribution in [0.5, 0.6) is 0 Å².